The Balaban J connectivity index is 2.68. The molecule has 0 aliphatic carbocycles. The van der Waals surface area contributed by atoms with Crippen LogP contribution in [0.25, 0.3) is 11.2 Å². The van der Waals surface area contributed by atoms with Crippen LogP contribution in [0.15, 0.2) is 6.33 Å². The van der Waals surface area contributed by atoms with Crippen molar-refractivity contribution in [3.8, 4) is 0 Å². The van der Waals surface area contributed by atoms with Crippen molar-refractivity contribution >= 4 is 22.9 Å². The summed E-state index contributed by atoms with van der Waals surface area (Å²) in [4.78, 5) is 12.0. The minimum Gasteiger partial charge on any atom is -0.395 e. The van der Waals surface area contributed by atoms with Crippen molar-refractivity contribution in [3.05, 3.63) is 6.33 Å². The zero-order valence-corrected chi connectivity index (χ0v) is 7.88. The normalized spacial score (nSPS) is 10.8. The zero-order valence-electron chi connectivity index (χ0n) is 7.88. The third-order valence-corrected chi connectivity index (χ3v) is 2.01. The van der Waals surface area contributed by atoms with Crippen LogP contribution in [0.3, 0.4) is 0 Å². The molecule has 0 bridgehead atoms. The summed E-state index contributed by atoms with van der Waals surface area (Å²) in [5.41, 5.74) is 9.06. The van der Waals surface area contributed by atoms with E-state index in [2.05, 4.69) is 20.4 Å². The second kappa shape index (κ2) is 3.67. The molecule has 2 heterocycles. The molecule has 0 unspecified atom stereocenters. The Bertz CT molecular complexity index is 479. The summed E-state index contributed by atoms with van der Waals surface area (Å²) >= 11 is 0. The number of aliphatic hydroxyl groups excluding tert-OH is 1. The Morgan fingerprint density at radius 2 is 2.27 bits per heavy atom. The highest BCUT2D eigenvalue weighted by Gasteiger charge is 2.12. The van der Waals surface area contributed by atoms with E-state index in [1.165, 1.54) is 6.33 Å². The molecule has 2 aromatic heterocycles. The third-order valence-electron chi connectivity index (χ3n) is 2.01. The summed E-state index contributed by atoms with van der Waals surface area (Å²) in [6.45, 7) is 0.302. The van der Waals surface area contributed by atoms with Gasteiger partial charge in [0.1, 0.15) is 6.33 Å². The standard InChI is InChI=1S/C7H11N7O/c8-5-4-6(11-3-10-5)14(1-2-15)7(12-4)13-9/h3,15H,1-2,9H2,(H,12,13)(H2,8,10,11). The Morgan fingerprint density at radius 3 is 2.93 bits per heavy atom. The molecule has 0 atom stereocenters. The summed E-state index contributed by atoms with van der Waals surface area (Å²) in [6.07, 6.45) is 1.34. The van der Waals surface area contributed by atoms with Gasteiger partial charge < -0.3 is 10.8 Å². The average Bonchev–Trinajstić information content (AvgIpc) is 2.59. The first-order valence-electron chi connectivity index (χ1n) is 4.32. The van der Waals surface area contributed by atoms with Crippen molar-refractivity contribution in [2.45, 2.75) is 6.54 Å². The molecular formula is C7H11N7O. The molecule has 0 saturated heterocycles. The number of fused-ring (bicyclic) bond motifs is 1. The minimum absolute atomic E-state index is 0.0377. The van der Waals surface area contributed by atoms with E-state index in [0.717, 1.165) is 0 Å². The quantitative estimate of drug-likeness (QED) is 0.365. The molecule has 0 aromatic carbocycles. The van der Waals surface area contributed by atoms with Gasteiger partial charge in [-0.1, -0.05) is 0 Å². The SMILES string of the molecule is NNc1nc2c(N)ncnc2n1CCO. The number of imidazole rings is 1. The lowest BCUT2D eigenvalue weighted by atomic mass is 10.5. The Labute approximate surface area is 84.9 Å². The van der Waals surface area contributed by atoms with Gasteiger partial charge in [0, 0.05) is 0 Å². The van der Waals surface area contributed by atoms with Gasteiger partial charge in [-0.05, 0) is 0 Å². The largest absolute Gasteiger partial charge is 0.395 e. The van der Waals surface area contributed by atoms with E-state index in [1.807, 2.05) is 0 Å². The molecule has 2 rings (SSSR count). The molecule has 15 heavy (non-hydrogen) atoms. The zero-order chi connectivity index (χ0) is 10.8. The number of nitrogens with two attached hydrogens (primary N) is 2. The number of hydrazine groups is 1. The van der Waals surface area contributed by atoms with Gasteiger partial charge in [0.05, 0.1) is 13.2 Å². The fourth-order valence-corrected chi connectivity index (χ4v) is 1.38. The summed E-state index contributed by atoms with van der Waals surface area (Å²) in [6, 6.07) is 0. The molecule has 0 radical (unpaired) electrons. The topological polar surface area (TPSA) is 128 Å². The molecule has 6 N–H and O–H groups in total. The Kier molecular flexibility index (Phi) is 2.35. The van der Waals surface area contributed by atoms with Crippen LogP contribution in [0, 0.1) is 0 Å². The molecule has 8 nitrogen and oxygen atoms in total. The lowest BCUT2D eigenvalue weighted by molar-refractivity contribution is 0.278. The van der Waals surface area contributed by atoms with Crippen LogP contribution >= 0.6 is 0 Å². The van der Waals surface area contributed by atoms with Gasteiger partial charge in [-0.15, -0.1) is 0 Å². The van der Waals surface area contributed by atoms with Gasteiger partial charge in [-0.25, -0.2) is 20.8 Å². The molecule has 0 aliphatic heterocycles. The van der Waals surface area contributed by atoms with Crippen molar-refractivity contribution in [1.82, 2.24) is 19.5 Å². The second-order valence-corrected chi connectivity index (χ2v) is 2.89. The molecule has 0 fully saturated rings. The van der Waals surface area contributed by atoms with Gasteiger partial charge in [0.15, 0.2) is 17.0 Å². The summed E-state index contributed by atoms with van der Waals surface area (Å²) < 4.78 is 1.63. The van der Waals surface area contributed by atoms with Gasteiger partial charge in [-0.3, -0.25) is 9.99 Å². The summed E-state index contributed by atoms with van der Waals surface area (Å²) in [5, 5.41) is 8.89. The maximum Gasteiger partial charge on any atom is 0.219 e. The number of aromatic nitrogens is 4. The summed E-state index contributed by atoms with van der Waals surface area (Å²) in [7, 11) is 0. The highest BCUT2D eigenvalue weighted by molar-refractivity contribution is 5.83. The van der Waals surface area contributed by atoms with Crippen molar-refractivity contribution in [3.63, 3.8) is 0 Å². The predicted octanol–water partition coefficient (Wildman–Crippen LogP) is -1.31. The van der Waals surface area contributed by atoms with Crippen molar-refractivity contribution in [2.75, 3.05) is 17.8 Å². The van der Waals surface area contributed by atoms with Crippen LogP contribution in [0.5, 0.6) is 0 Å². The number of nitrogen functional groups attached to an aromatic ring is 2. The molecule has 0 aliphatic rings. The van der Waals surface area contributed by atoms with Gasteiger partial charge in [0.2, 0.25) is 5.95 Å². The van der Waals surface area contributed by atoms with Crippen LogP contribution in [-0.2, 0) is 6.54 Å². The van der Waals surface area contributed by atoms with Gasteiger partial charge >= 0.3 is 0 Å². The van der Waals surface area contributed by atoms with Gasteiger partial charge in [-0.2, -0.15) is 0 Å². The Hall–Kier alpha value is -1.93. The van der Waals surface area contributed by atoms with E-state index < -0.39 is 0 Å². The predicted molar refractivity (Wildman–Crippen MR) is 54.6 cm³/mol. The minimum atomic E-state index is -0.0377. The van der Waals surface area contributed by atoms with Gasteiger partial charge in [0.25, 0.3) is 0 Å². The van der Waals surface area contributed by atoms with Crippen LogP contribution in [0.2, 0.25) is 0 Å². The number of aliphatic hydroxyl groups is 1. The number of hydrogen-bond acceptors (Lipinski definition) is 7. The highest BCUT2D eigenvalue weighted by Crippen LogP contribution is 2.19. The molecule has 0 spiro atoms. The first kappa shape index (κ1) is 9.62. The van der Waals surface area contributed by atoms with E-state index >= 15 is 0 Å². The van der Waals surface area contributed by atoms with Crippen LogP contribution in [0.4, 0.5) is 11.8 Å². The highest BCUT2D eigenvalue weighted by atomic mass is 16.3. The van der Waals surface area contributed by atoms with E-state index in [-0.39, 0.29) is 12.4 Å². The van der Waals surface area contributed by atoms with Crippen LogP contribution < -0.4 is 17.0 Å². The molecular weight excluding hydrogens is 198 g/mol. The van der Waals surface area contributed by atoms with E-state index in [9.17, 15) is 0 Å². The molecule has 8 heteroatoms. The number of rotatable bonds is 3. The van der Waals surface area contributed by atoms with E-state index in [4.69, 9.17) is 16.7 Å². The average molecular weight is 209 g/mol. The van der Waals surface area contributed by atoms with E-state index in [1.54, 1.807) is 4.57 Å². The Morgan fingerprint density at radius 1 is 1.47 bits per heavy atom. The lowest BCUT2D eigenvalue weighted by Gasteiger charge is -2.04. The fraction of sp³-hybridized carbons (Fsp3) is 0.286. The fourth-order valence-electron chi connectivity index (χ4n) is 1.38. The van der Waals surface area contributed by atoms with E-state index in [0.29, 0.717) is 23.7 Å². The first-order chi connectivity index (χ1) is 7.27. The molecule has 2 aromatic rings. The first-order valence-corrected chi connectivity index (χ1v) is 4.32. The summed E-state index contributed by atoms with van der Waals surface area (Å²) in [5.74, 6) is 5.97. The monoisotopic (exact) mass is 209 g/mol. The second-order valence-electron chi connectivity index (χ2n) is 2.89. The van der Waals surface area contributed by atoms with Crippen molar-refractivity contribution < 1.29 is 5.11 Å². The lowest BCUT2D eigenvalue weighted by Crippen LogP contribution is -2.14. The molecule has 0 saturated carbocycles. The molecule has 0 amide bonds. The maximum atomic E-state index is 8.89. The number of anilines is 2. The maximum absolute atomic E-state index is 8.89. The van der Waals surface area contributed by atoms with Crippen LogP contribution in [-0.4, -0.2) is 31.2 Å². The molecule has 80 valence electrons. The number of nitrogens with one attached hydrogen (secondary N) is 1. The van der Waals surface area contributed by atoms with Crippen molar-refractivity contribution in [2.24, 2.45) is 5.84 Å². The number of hydrogen-bond donors (Lipinski definition) is 4. The smallest absolute Gasteiger partial charge is 0.219 e. The third kappa shape index (κ3) is 1.45. The van der Waals surface area contributed by atoms with Crippen LogP contribution in [0.1, 0.15) is 0 Å². The number of nitrogens with zero attached hydrogens (tertiary/aromatic N) is 4. The van der Waals surface area contributed by atoms with Crippen molar-refractivity contribution in [1.29, 1.82) is 0 Å².